The van der Waals surface area contributed by atoms with E-state index in [2.05, 4.69) is 29.0 Å². The molecule has 78 valence electrons. The molecular formula is C13H16N2. The Morgan fingerprint density at radius 3 is 1.87 bits per heavy atom. The van der Waals surface area contributed by atoms with Gasteiger partial charge in [0.2, 0.25) is 0 Å². The summed E-state index contributed by atoms with van der Waals surface area (Å²) < 4.78 is 0. The van der Waals surface area contributed by atoms with Gasteiger partial charge in [-0.2, -0.15) is 0 Å². The lowest BCUT2D eigenvalue weighted by molar-refractivity contribution is 1.14. The summed E-state index contributed by atoms with van der Waals surface area (Å²) in [6.07, 6.45) is 3.67. The first-order valence-electron chi connectivity index (χ1n) is 4.61. The Kier molecular flexibility index (Phi) is 3.56. The minimum absolute atomic E-state index is 0. The first-order chi connectivity index (χ1) is 6.75. The molecule has 0 atom stereocenters. The minimum atomic E-state index is 0. The van der Waals surface area contributed by atoms with E-state index in [1.165, 1.54) is 5.56 Å². The summed E-state index contributed by atoms with van der Waals surface area (Å²) in [6, 6.07) is 8.22. The normalized spacial score (nSPS) is 9.47. The fraction of sp³-hybridized carbons (Fsp3) is 0.231. The van der Waals surface area contributed by atoms with Gasteiger partial charge in [0.15, 0.2) is 5.82 Å². The van der Waals surface area contributed by atoms with Crippen molar-refractivity contribution in [3.63, 3.8) is 0 Å². The average Bonchev–Trinajstić information content (AvgIpc) is 2.21. The summed E-state index contributed by atoms with van der Waals surface area (Å²) in [5.41, 5.74) is 3.40. The van der Waals surface area contributed by atoms with E-state index < -0.39 is 0 Å². The number of hydrogen-bond donors (Lipinski definition) is 0. The van der Waals surface area contributed by atoms with Crippen LogP contribution in [0.3, 0.4) is 0 Å². The lowest BCUT2D eigenvalue weighted by atomic mass is 10.1. The van der Waals surface area contributed by atoms with Crippen molar-refractivity contribution in [2.45, 2.75) is 21.3 Å². The molecule has 1 heterocycles. The van der Waals surface area contributed by atoms with Gasteiger partial charge in [0, 0.05) is 18.0 Å². The standard InChI is InChI=1S/C12H12N2.CH4/c1-9-3-5-11(6-4-9)12-13-7-10(2)8-14-12;/h3-8H,1-2H3;1H4. The van der Waals surface area contributed by atoms with Crippen molar-refractivity contribution >= 4 is 0 Å². The highest BCUT2D eigenvalue weighted by Crippen LogP contribution is 2.14. The molecule has 2 nitrogen and oxygen atoms in total. The zero-order chi connectivity index (χ0) is 9.97. The second-order valence-electron chi connectivity index (χ2n) is 3.45. The minimum Gasteiger partial charge on any atom is -0.236 e. The zero-order valence-corrected chi connectivity index (χ0v) is 8.36. The third-order valence-corrected chi connectivity index (χ3v) is 2.09. The van der Waals surface area contributed by atoms with Gasteiger partial charge in [-0.25, -0.2) is 9.97 Å². The molecule has 0 spiro atoms. The van der Waals surface area contributed by atoms with Gasteiger partial charge in [-0.05, 0) is 19.4 Å². The molecule has 0 saturated carbocycles. The zero-order valence-electron chi connectivity index (χ0n) is 8.36. The number of nitrogens with zero attached hydrogens (tertiary/aromatic N) is 2. The molecule has 0 bridgehead atoms. The van der Waals surface area contributed by atoms with Crippen LogP contribution in [0.4, 0.5) is 0 Å². The van der Waals surface area contributed by atoms with Gasteiger partial charge in [-0.15, -0.1) is 0 Å². The summed E-state index contributed by atoms with van der Waals surface area (Å²) in [5, 5.41) is 0. The first-order valence-corrected chi connectivity index (χ1v) is 4.61. The maximum Gasteiger partial charge on any atom is 0.159 e. The second kappa shape index (κ2) is 4.69. The second-order valence-corrected chi connectivity index (χ2v) is 3.45. The molecule has 1 aromatic carbocycles. The Balaban J connectivity index is 0.00000112. The van der Waals surface area contributed by atoms with Crippen molar-refractivity contribution in [3.8, 4) is 11.4 Å². The van der Waals surface area contributed by atoms with E-state index in [0.29, 0.717) is 0 Å². The van der Waals surface area contributed by atoms with Gasteiger partial charge in [-0.3, -0.25) is 0 Å². The number of benzene rings is 1. The molecule has 0 saturated heterocycles. The molecule has 0 radical (unpaired) electrons. The van der Waals surface area contributed by atoms with Crippen LogP contribution in [-0.4, -0.2) is 9.97 Å². The summed E-state index contributed by atoms with van der Waals surface area (Å²) in [5.74, 6) is 0.788. The van der Waals surface area contributed by atoms with E-state index in [-0.39, 0.29) is 7.43 Å². The van der Waals surface area contributed by atoms with Crippen LogP contribution >= 0.6 is 0 Å². The van der Waals surface area contributed by atoms with Gasteiger partial charge < -0.3 is 0 Å². The van der Waals surface area contributed by atoms with Crippen LogP contribution in [0.15, 0.2) is 36.7 Å². The van der Waals surface area contributed by atoms with Crippen LogP contribution in [0.5, 0.6) is 0 Å². The Hall–Kier alpha value is -1.70. The molecule has 0 aliphatic carbocycles. The highest BCUT2D eigenvalue weighted by atomic mass is 14.9. The lowest BCUT2D eigenvalue weighted by Gasteiger charge is -2.00. The Morgan fingerprint density at radius 1 is 0.800 bits per heavy atom. The number of hydrogen-bond acceptors (Lipinski definition) is 2. The van der Waals surface area contributed by atoms with Crippen molar-refractivity contribution in [3.05, 3.63) is 47.8 Å². The highest BCUT2D eigenvalue weighted by Gasteiger charge is 1.98. The molecule has 0 N–H and O–H groups in total. The predicted molar refractivity (Wildman–Crippen MR) is 63.7 cm³/mol. The molecule has 0 aliphatic rings. The summed E-state index contributed by atoms with van der Waals surface area (Å²) in [7, 11) is 0. The van der Waals surface area contributed by atoms with E-state index in [0.717, 1.165) is 17.0 Å². The van der Waals surface area contributed by atoms with E-state index in [4.69, 9.17) is 0 Å². The smallest absolute Gasteiger partial charge is 0.159 e. The van der Waals surface area contributed by atoms with Crippen molar-refractivity contribution in [2.24, 2.45) is 0 Å². The van der Waals surface area contributed by atoms with E-state index >= 15 is 0 Å². The highest BCUT2D eigenvalue weighted by molar-refractivity contribution is 5.54. The predicted octanol–water partition coefficient (Wildman–Crippen LogP) is 3.40. The molecule has 1 aromatic heterocycles. The van der Waals surface area contributed by atoms with Crippen molar-refractivity contribution in [1.82, 2.24) is 9.97 Å². The summed E-state index contributed by atoms with van der Waals surface area (Å²) in [4.78, 5) is 8.53. The molecule has 2 rings (SSSR count). The van der Waals surface area contributed by atoms with Crippen LogP contribution in [0, 0.1) is 13.8 Å². The Morgan fingerprint density at radius 2 is 1.33 bits per heavy atom. The van der Waals surface area contributed by atoms with Crippen LogP contribution < -0.4 is 0 Å². The van der Waals surface area contributed by atoms with E-state index in [9.17, 15) is 0 Å². The lowest BCUT2D eigenvalue weighted by Crippen LogP contribution is -1.88. The molecule has 0 fully saturated rings. The van der Waals surface area contributed by atoms with Crippen LogP contribution in [0.1, 0.15) is 18.6 Å². The third kappa shape index (κ3) is 2.62. The number of aromatic nitrogens is 2. The van der Waals surface area contributed by atoms with Gasteiger partial charge in [0.1, 0.15) is 0 Å². The van der Waals surface area contributed by atoms with E-state index in [1.807, 2.05) is 31.5 Å². The number of rotatable bonds is 1. The number of aryl methyl sites for hydroxylation is 2. The maximum absolute atomic E-state index is 4.27. The van der Waals surface area contributed by atoms with Crippen LogP contribution in [0.25, 0.3) is 11.4 Å². The molecule has 0 amide bonds. The summed E-state index contributed by atoms with van der Waals surface area (Å²) in [6.45, 7) is 4.05. The Labute approximate surface area is 91.0 Å². The van der Waals surface area contributed by atoms with Crippen molar-refractivity contribution in [1.29, 1.82) is 0 Å². The SMILES string of the molecule is C.Cc1ccc(-c2ncc(C)cn2)cc1. The fourth-order valence-electron chi connectivity index (χ4n) is 1.24. The van der Waals surface area contributed by atoms with E-state index in [1.54, 1.807) is 0 Å². The summed E-state index contributed by atoms with van der Waals surface area (Å²) >= 11 is 0. The third-order valence-electron chi connectivity index (χ3n) is 2.09. The van der Waals surface area contributed by atoms with Crippen molar-refractivity contribution in [2.75, 3.05) is 0 Å². The average molecular weight is 200 g/mol. The molecule has 2 aromatic rings. The fourth-order valence-corrected chi connectivity index (χ4v) is 1.24. The van der Waals surface area contributed by atoms with Gasteiger partial charge >= 0.3 is 0 Å². The Bertz CT molecular complexity index is 372. The van der Waals surface area contributed by atoms with Gasteiger partial charge in [-0.1, -0.05) is 37.3 Å². The van der Waals surface area contributed by atoms with Crippen molar-refractivity contribution < 1.29 is 0 Å². The van der Waals surface area contributed by atoms with Crippen LogP contribution in [0.2, 0.25) is 0 Å². The molecule has 0 unspecified atom stereocenters. The quantitative estimate of drug-likeness (QED) is 0.705. The monoisotopic (exact) mass is 200 g/mol. The molecule has 2 heteroatoms. The van der Waals surface area contributed by atoms with Gasteiger partial charge in [0.25, 0.3) is 0 Å². The topological polar surface area (TPSA) is 25.8 Å². The molecule has 0 aliphatic heterocycles. The largest absolute Gasteiger partial charge is 0.236 e. The maximum atomic E-state index is 4.27. The first kappa shape index (κ1) is 11.4. The van der Waals surface area contributed by atoms with Gasteiger partial charge in [0.05, 0.1) is 0 Å². The molecule has 15 heavy (non-hydrogen) atoms. The van der Waals surface area contributed by atoms with Crippen LogP contribution in [-0.2, 0) is 0 Å². The molecular weight excluding hydrogens is 184 g/mol.